The van der Waals surface area contributed by atoms with Crippen LogP contribution >= 0.6 is 0 Å². The number of carboxylic acids is 2. The van der Waals surface area contributed by atoms with Crippen LogP contribution in [0.4, 0.5) is 0 Å². The van der Waals surface area contributed by atoms with Crippen LogP contribution in [0.25, 0.3) is 0 Å². The Labute approximate surface area is 185 Å². The summed E-state index contributed by atoms with van der Waals surface area (Å²) in [6, 6.07) is 0. The molecule has 0 aromatic carbocycles. The van der Waals surface area contributed by atoms with Crippen molar-refractivity contribution in [2.75, 3.05) is 0 Å². The van der Waals surface area contributed by atoms with Crippen molar-refractivity contribution in [2.24, 2.45) is 5.92 Å². The van der Waals surface area contributed by atoms with Crippen LogP contribution in [0.5, 0.6) is 0 Å². The Morgan fingerprint density at radius 2 is 1.37 bits per heavy atom. The maximum absolute atomic E-state index is 11.9. The van der Waals surface area contributed by atoms with Gasteiger partial charge in [-0.3, -0.25) is 14.1 Å². The molecule has 0 aromatic heterocycles. The molecule has 0 aliphatic rings. The Hall–Kier alpha value is -0.410. The zero-order valence-corrected chi connectivity index (χ0v) is 16.8. The fourth-order valence-electron chi connectivity index (χ4n) is 3.00. The molecule has 0 saturated heterocycles. The third-order valence-corrected chi connectivity index (χ3v) is 6.02. The van der Waals surface area contributed by atoms with Gasteiger partial charge in [0.25, 0.3) is 10.1 Å². The molecule has 0 aliphatic heterocycles. The number of aliphatic carboxylic acids is 2. The molecule has 156 valence electrons. The second-order valence-electron chi connectivity index (χ2n) is 6.22. The predicted octanol–water partition coefficient (Wildman–Crippen LogP) is 3.49. The van der Waals surface area contributed by atoms with Crippen molar-refractivity contribution in [1.29, 1.82) is 0 Å². The average Bonchev–Trinajstić information content (AvgIpc) is 2.56. The topological polar surface area (TPSA) is 129 Å². The van der Waals surface area contributed by atoms with Gasteiger partial charge in [-0.2, -0.15) is 8.42 Å². The normalized spacial score (nSPS) is 14.0. The summed E-state index contributed by atoms with van der Waals surface area (Å²) in [5, 5.41) is 19.0. The molecule has 0 heterocycles. The van der Waals surface area contributed by atoms with Crippen LogP contribution in [0.1, 0.15) is 78.1 Å². The number of hydrogen-bond acceptors (Lipinski definition) is 4. The van der Waals surface area contributed by atoms with Crippen LogP contribution in [0, 0.1) is 5.92 Å². The second-order valence-corrected chi connectivity index (χ2v) is 7.90. The van der Waals surface area contributed by atoms with Gasteiger partial charge in [0.1, 0.15) is 0 Å². The van der Waals surface area contributed by atoms with Crippen molar-refractivity contribution in [2.45, 2.75) is 82.8 Å². The number of hydrogen-bond donors (Lipinski definition) is 3. The Kier molecular flexibility index (Phi) is 19.2. The van der Waals surface area contributed by atoms with Crippen molar-refractivity contribution in [3.05, 3.63) is 13.2 Å². The Morgan fingerprint density at radius 3 is 1.70 bits per heavy atom. The Morgan fingerprint density at radius 1 is 0.926 bits per heavy atom. The van der Waals surface area contributed by atoms with Gasteiger partial charge in [-0.25, -0.2) is 0 Å². The standard InChI is InChI=1S/C16H30O7S.C2H4.Na.H/c1-3-5-7-9-11-13(14(17)18)16(15(19)20,24(21,22)23)12-10-8-6-4-2;1-2;;/h13H,3-12H2,1-2H3,(H,17,18)(H,19,20)(H,21,22,23);1-2H2;;. The molecule has 0 aliphatic carbocycles. The van der Waals surface area contributed by atoms with Gasteiger partial charge < -0.3 is 10.2 Å². The van der Waals surface area contributed by atoms with Gasteiger partial charge in [0.15, 0.2) is 0 Å². The molecular formula is C18H35NaO7S. The Bertz CT molecular complexity index is 522. The first-order valence-electron chi connectivity index (χ1n) is 9.08. The van der Waals surface area contributed by atoms with Crippen molar-refractivity contribution in [3.63, 3.8) is 0 Å². The van der Waals surface area contributed by atoms with E-state index < -0.39 is 39.1 Å². The van der Waals surface area contributed by atoms with Crippen molar-refractivity contribution < 1.29 is 32.8 Å². The fourth-order valence-corrected chi connectivity index (χ4v) is 4.20. The van der Waals surface area contributed by atoms with Gasteiger partial charge in [-0.15, -0.1) is 13.2 Å². The van der Waals surface area contributed by atoms with Crippen LogP contribution in [0.3, 0.4) is 0 Å². The van der Waals surface area contributed by atoms with E-state index in [0.717, 1.165) is 25.7 Å². The van der Waals surface area contributed by atoms with Crippen LogP contribution in [0.15, 0.2) is 13.2 Å². The first-order chi connectivity index (χ1) is 12.1. The molecule has 9 heteroatoms. The van der Waals surface area contributed by atoms with E-state index in [9.17, 15) is 32.8 Å². The van der Waals surface area contributed by atoms with Crippen LogP contribution in [-0.2, 0) is 19.7 Å². The quantitative estimate of drug-likeness (QED) is 0.170. The molecule has 27 heavy (non-hydrogen) atoms. The number of unbranched alkanes of at least 4 members (excludes halogenated alkanes) is 6. The minimum absolute atomic E-state index is 0. The van der Waals surface area contributed by atoms with Crippen molar-refractivity contribution in [3.8, 4) is 0 Å². The molecule has 3 N–H and O–H groups in total. The third-order valence-electron chi connectivity index (χ3n) is 4.43. The molecule has 0 saturated carbocycles. The summed E-state index contributed by atoms with van der Waals surface area (Å²) < 4.78 is 30.7. The summed E-state index contributed by atoms with van der Waals surface area (Å²) >= 11 is 0. The summed E-state index contributed by atoms with van der Waals surface area (Å²) in [4.78, 5) is 23.4. The molecular weight excluding hydrogens is 383 g/mol. The molecule has 2 atom stereocenters. The SMILES string of the molecule is C=C.CCCCCCC(C(=O)O)C(CCCCCC)(C(=O)O)S(=O)(=O)O.[NaH]. The number of rotatable bonds is 14. The molecule has 7 nitrogen and oxygen atoms in total. The molecule has 2 unspecified atom stereocenters. The number of carbonyl (C=O) groups is 2. The summed E-state index contributed by atoms with van der Waals surface area (Å²) in [6.07, 6.45) is 4.86. The van der Waals surface area contributed by atoms with E-state index in [1.807, 2.05) is 13.8 Å². The Balaban J connectivity index is -0.00000185. The molecule has 0 aromatic rings. The van der Waals surface area contributed by atoms with E-state index >= 15 is 0 Å². The molecule has 0 rings (SSSR count). The average molecular weight is 419 g/mol. The number of carboxylic acid groups (broad SMARTS) is 2. The molecule has 0 bridgehead atoms. The zero-order chi connectivity index (χ0) is 20.8. The van der Waals surface area contributed by atoms with Gasteiger partial charge in [0.2, 0.25) is 4.75 Å². The summed E-state index contributed by atoms with van der Waals surface area (Å²) in [5.74, 6) is -4.95. The summed E-state index contributed by atoms with van der Waals surface area (Å²) in [5.41, 5.74) is 0. The van der Waals surface area contributed by atoms with E-state index in [-0.39, 0.29) is 42.4 Å². The van der Waals surface area contributed by atoms with Crippen LogP contribution in [-0.4, -0.2) is 69.4 Å². The first kappa shape index (κ1) is 31.3. The third kappa shape index (κ3) is 10.1. The van der Waals surface area contributed by atoms with Crippen molar-refractivity contribution in [1.82, 2.24) is 0 Å². The van der Waals surface area contributed by atoms with Crippen molar-refractivity contribution >= 4 is 51.6 Å². The monoisotopic (exact) mass is 418 g/mol. The van der Waals surface area contributed by atoms with Gasteiger partial charge in [-0.05, 0) is 12.8 Å². The van der Waals surface area contributed by atoms with Gasteiger partial charge in [0.05, 0.1) is 5.92 Å². The van der Waals surface area contributed by atoms with Gasteiger partial charge in [0, 0.05) is 0 Å². The van der Waals surface area contributed by atoms with Crippen LogP contribution < -0.4 is 0 Å². The summed E-state index contributed by atoms with van der Waals surface area (Å²) in [6.45, 7) is 9.92. The van der Waals surface area contributed by atoms with Gasteiger partial charge >= 0.3 is 41.5 Å². The van der Waals surface area contributed by atoms with E-state index in [0.29, 0.717) is 19.3 Å². The second kappa shape index (κ2) is 16.5. The van der Waals surface area contributed by atoms with E-state index in [1.165, 1.54) is 0 Å². The minimum atomic E-state index is -5.08. The molecule has 0 radical (unpaired) electrons. The zero-order valence-electron chi connectivity index (χ0n) is 15.9. The van der Waals surface area contributed by atoms with E-state index in [1.54, 1.807) is 0 Å². The maximum atomic E-state index is 11.9. The molecule has 0 amide bonds. The predicted molar refractivity (Wildman–Crippen MR) is 109 cm³/mol. The molecule has 0 spiro atoms. The first-order valence-corrected chi connectivity index (χ1v) is 10.5. The molecule has 0 fully saturated rings. The van der Waals surface area contributed by atoms with E-state index in [2.05, 4.69) is 13.2 Å². The summed E-state index contributed by atoms with van der Waals surface area (Å²) in [7, 11) is -5.08. The van der Waals surface area contributed by atoms with Crippen LogP contribution in [0.2, 0.25) is 0 Å². The van der Waals surface area contributed by atoms with E-state index in [4.69, 9.17) is 0 Å². The van der Waals surface area contributed by atoms with Gasteiger partial charge in [-0.1, -0.05) is 65.2 Å². The fraction of sp³-hybridized carbons (Fsp3) is 0.778.